The normalized spacial score (nSPS) is 16.0. The average Bonchev–Trinajstić information content (AvgIpc) is 3.38. The third-order valence-electron chi connectivity index (χ3n) is 5.54. The largest absolute Gasteiger partial charge is 0.490 e. The number of likely N-dealkylation sites (tertiary alicyclic amines) is 1. The van der Waals surface area contributed by atoms with Crippen LogP contribution in [0.1, 0.15) is 38.1 Å². The number of aromatic nitrogens is 5. The van der Waals surface area contributed by atoms with Crippen LogP contribution in [-0.4, -0.2) is 61.6 Å². The van der Waals surface area contributed by atoms with Gasteiger partial charge >= 0.3 is 0 Å². The van der Waals surface area contributed by atoms with Gasteiger partial charge < -0.3 is 19.4 Å². The topological polar surface area (TPSA) is 115 Å². The summed E-state index contributed by atoms with van der Waals surface area (Å²) in [6.45, 7) is 7.77. The Bertz CT molecular complexity index is 1170. The number of carbonyl (C=O) groups excluding carboxylic acids is 1. The molecule has 0 saturated carbocycles. The summed E-state index contributed by atoms with van der Waals surface area (Å²) < 4.78 is 12.9. The molecule has 10 nitrogen and oxygen atoms in total. The summed E-state index contributed by atoms with van der Waals surface area (Å²) in [5.74, 6) is 1.88. The number of hydrogen-bond donors (Lipinski definition) is 1. The predicted molar refractivity (Wildman–Crippen MR) is 118 cm³/mol. The van der Waals surface area contributed by atoms with Crippen LogP contribution in [-0.2, 0) is 17.8 Å². The Hall–Kier alpha value is -3.43. The quantitative estimate of drug-likeness (QED) is 0.568. The molecule has 4 rings (SSSR count). The van der Waals surface area contributed by atoms with E-state index in [-0.39, 0.29) is 29.4 Å². The predicted octanol–water partition coefficient (Wildman–Crippen LogP) is 1.85. The zero-order valence-electron chi connectivity index (χ0n) is 18.6. The van der Waals surface area contributed by atoms with Crippen LogP contribution in [0.4, 0.5) is 0 Å². The minimum atomic E-state index is -0.307. The number of carbonyl (C=O) groups is 1. The van der Waals surface area contributed by atoms with E-state index in [1.807, 2.05) is 36.9 Å². The lowest BCUT2D eigenvalue weighted by Crippen LogP contribution is -2.39. The highest BCUT2D eigenvalue weighted by Crippen LogP contribution is 2.29. The molecule has 1 aliphatic heterocycles. The standard InChI is InChI=1S/C22H28N6O4/c1-4-31-17-9-8-15(11-18(17)32-5-2)12-19(29)27-10-6-7-16(27)13-28-21-20(25-26-28)22(30)24-14(3)23-21/h8-9,11,16H,4-7,10,12-13H2,1-3H3,(H,23,24,30)/t16-/m1/s1. The number of ether oxygens (including phenoxy) is 2. The molecule has 0 radical (unpaired) electrons. The van der Waals surface area contributed by atoms with Crippen LogP contribution in [0, 0.1) is 6.92 Å². The van der Waals surface area contributed by atoms with Crippen molar-refractivity contribution >= 4 is 17.1 Å². The number of amides is 1. The van der Waals surface area contributed by atoms with Crippen molar-refractivity contribution in [2.75, 3.05) is 19.8 Å². The van der Waals surface area contributed by atoms with E-state index in [0.717, 1.165) is 18.4 Å². The van der Waals surface area contributed by atoms with Crippen molar-refractivity contribution in [3.8, 4) is 11.5 Å². The number of aryl methyl sites for hydroxylation is 1. The van der Waals surface area contributed by atoms with Gasteiger partial charge in [0.05, 0.1) is 32.2 Å². The van der Waals surface area contributed by atoms with Crippen molar-refractivity contribution < 1.29 is 14.3 Å². The molecule has 0 bridgehead atoms. The Morgan fingerprint density at radius 2 is 2.00 bits per heavy atom. The molecule has 32 heavy (non-hydrogen) atoms. The lowest BCUT2D eigenvalue weighted by atomic mass is 10.1. The molecule has 170 valence electrons. The fraction of sp³-hybridized carbons (Fsp3) is 0.500. The molecule has 1 aliphatic rings. The lowest BCUT2D eigenvalue weighted by Gasteiger charge is -2.25. The summed E-state index contributed by atoms with van der Waals surface area (Å²) in [6, 6.07) is 5.61. The van der Waals surface area contributed by atoms with Crippen LogP contribution in [0.15, 0.2) is 23.0 Å². The van der Waals surface area contributed by atoms with E-state index in [9.17, 15) is 9.59 Å². The van der Waals surface area contributed by atoms with Crippen LogP contribution in [0.25, 0.3) is 11.2 Å². The van der Waals surface area contributed by atoms with Gasteiger partial charge in [-0.1, -0.05) is 11.3 Å². The zero-order chi connectivity index (χ0) is 22.7. The van der Waals surface area contributed by atoms with Crippen molar-refractivity contribution in [2.24, 2.45) is 0 Å². The van der Waals surface area contributed by atoms with Gasteiger partial charge in [0.2, 0.25) is 5.91 Å². The second kappa shape index (κ2) is 9.37. The molecule has 0 spiro atoms. The van der Waals surface area contributed by atoms with Crippen LogP contribution >= 0.6 is 0 Å². The highest BCUT2D eigenvalue weighted by atomic mass is 16.5. The lowest BCUT2D eigenvalue weighted by molar-refractivity contribution is -0.131. The molecule has 0 aliphatic carbocycles. The molecule has 3 heterocycles. The van der Waals surface area contributed by atoms with Crippen molar-refractivity contribution in [1.82, 2.24) is 29.9 Å². The fourth-order valence-electron chi connectivity index (χ4n) is 4.13. The van der Waals surface area contributed by atoms with E-state index in [4.69, 9.17) is 9.47 Å². The summed E-state index contributed by atoms with van der Waals surface area (Å²) in [5.41, 5.74) is 1.23. The van der Waals surface area contributed by atoms with Gasteiger partial charge in [-0.2, -0.15) is 0 Å². The minimum absolute atomic E-state index is 0.0251. The van der Waals surface area contributed by atoms with Gasteiger partial charge in [0.1, 0.15) is 5.82 Å². The van der Waals surface area contributed by atoms with Crippen molar-refractivity contribution in [3.63, 3.8) is 0 Å². The molecule has 1 saturated heterocycles. The monoisotopic (exact) mass is 440 g/mol. The third kappa shape index (κ3) is 4.44. The SMILES string of the molecule is CCOc1ccc(CC(=O)N2CCC[C@@H]2Cn2nnc3c(=O)[nH]c(C)nc32)cc1OCC. The first-order valence-corrected chi connectivity index (χ1v) is 11.0. The maximum Gasteiger partial charge on any atom is 0.281 e. The summed E-state index contributed by atoms with van der Waals surface area (Å²) in [4.78, 5) is 34.1. The summed E-state index contributed by atoms with van der Waals surface area (Å²) in [7, 11) is 0. The first-order valence-electron chi connectivity index (χ1n) is 11.0. The summed E-state index contributed by atoms with van der Waals surface area (Å²) in [5, 5.41) is 8.08. The first kappa shape index (κ1) is 21.8. The molecule has 1 fully saturated rings. The molecule has 2 aromatic heterocycles. The second-order valence-corrected chi connectivity index (χ2v) is 7.80. The van der Waals surface area contributed by atoms with Gasteiger partial charge in [-0.05, 0) is 51.3 Å². The molecule has 0 unspecified atom stereocenters. The molecular formula is C22H28N6O4. The maximum absolute atomic E-state index is 13.1. The van der Waals surface area contributed by atoms with E-state index >= 15 is 0 Å². The number of nitrogens with one attached hydrogen (secondary N) is 1. The molecule has 3 aromatic rings. The number of hydrogen-bond acceptors (Lipinski definition) is 7. The molecule has 1 atom stereocenters. The number of nitrogens with zero attached hydrogens (tertiary/aromatic N) is 5. The van der Waals surface area contributed by atoms with Gasteiger partial charge in [0.15, 0.2) is 22.7 Å². The Kier molecular flexibility index (Phi) is 6.38. The smallest absolute Gasteiger partial charge is 0.281 e. The van der Waals surface area contributed by atoms with Crippen molar-refractivity contribution in [3.05, 3.63) is 39.9 Å². The molecule has 1 N–H and O–H groups in total. The van der Waals surface area contributed by atoms with Crippen LogP contribution in [0.2, 0.25) is 0 Å². The highest BCUT2D eigenvalue weighted by Gasteiger charge is 2.30. The summed E-state index contributed by atoms with van der Waals surface area (Å²) >= 11 is 0. The molecule has 10 heteroatoms. The molecule has 1 amide bonds. The van der Waals surface area contributed by atoms with E-state index < -0.39 is 0 Å². The third-order valence-corrected chi connectivity index (χ3v) is 5.54. The Balaban J connectivity index is 1.50. The van der Waals surface area contributed by atoms with Crippen LogP contribution < -0.4 is 15.0 Å². The highest BCUT2D eigenvalue weighted by molar-refractivity contribution is 5.79. The number of benzene rings is 1. The van der Waals surface area contributed by atoms with Crippen LogP contribution in [0.5, 0.6) is 11.5 Å². The molecular weight excluding hydrogens is 412 g/mol. The van der Waals surface area contributed by atoms with Crippen molar-refractivity contribution in [2.45, 2.75) is 52.6 Å². The minimum Gasteiger partial charge on any atom is -0.490 e. The van der Waals surface area contributed by atoms with E-state index in [2.05, 4.69) is 20.3 Å². The van der Waals surface area contributed by atoms with Gasteiger partial charge in [0.25, 0.3) is 5.56 Å². The number of rotatable bonds is 8. The zero-order valence-corrected chi connectivity index (χ0v) is 18.6. The Labute approximate surface area is 185 Å². The van der Waals surface area contributed by atoms with Gasteiger partial charge in [-0.3, -0.25) is 9.59 Å². The number of fused-ring (bicyclic) bond motifs is 1. The Morgan fingerprint density at radius 3 is 2.78 bits per heavy atom. The maximum atomic E-state index is 13.1. The number of aromatic amines is 1. The van der Waals surface area contributed by atoms with Gasteiger partial charge in [-0.25, -0.2) is 9.67 Å². The van der Waals surface area contributed by atoms with Gasteiger partial charge in [-0.15, -0.1) is 5.10 Å². The first-order chi connectivity index (χ1) is 15.5. The Morgan fingerprint density at radius 1 is 1.22 bits per heavy atom. The van der Waals surface area contributed by atoms with Gasteiger partial charge in [0, 0.05) is 6.54 Å². The van der Waals surface area contributed by atoms with E-state index in [0.29, 0.717) is 49.3 Å². The molecule has 1 aromatic carbocycles. The van der Waals surface area contributed by atoms with Crippen LogP contribution in [0.3, 0.4) is 0 Å². The summed E-state index contributed by atoms with van der Waals surface area (Å²) in [6.07, 6.45) is 2.06. The number of H-pyrrole nitrogens is 1. The van der Waals surface area contributed by atoms with Crippen molar-refractivity contribution in [1.29, 1.82) is 0 Å². The average molecular weight is 441 g/mol. The fourth-order valence-corrected chi connectivity index (χ4v) is 4.13. The van der Waals surface area contributed by atoms with E-state index in [1.165, 1.54) is 0 Å². The van der Waals surface area contributed by atoms with E-state index in [1.54, 1.807) is 11.6 Å². The second-order valence-electron chi connectivity index (χ2n) is 7.80.